The summed E-state index contributed by atoms with van der Waals surface area (Å²) in [6, 6.07) is 0. The molecule has 1 N–H and O–H groups in total. The van der Waals surface area contributed by atoms with Crippen LogP contribution in [0.25, 0.3) is 0 Å². The third-order valence-electron chi connectivity index (χ3n) is 3.70. The lowest BCUT2D eigenvalue weighted by Gasteiger charge is -2.28. The SMILES string of the molecule is O=C(CN1CC[C@H](CO)C1)N1CCCCC1. The van der Waals surface area contributed by atoms with Gasteiger partial charge in [-0.2, -0.15) is 0 Å². The van der Waals surface area contributed by atoms with Gasteiger partial charge in [-0.15, -0.1) is 0 Å². The first-order valence-corrected chi connectivity index (χ1v) is 6.40. The molecular weight excluding hydrogens is 204 g/mol. The Hall–Kier alpha value is -0.610. The van der Waals surface area contributed by atoms with E-state index < -0.39 is 0 Å². The molecule has 2 rings (SSSR count). The van der Waals surface area contributed by atoms with Crippen molar-refractivity contribution >= 4 is 5.91 Å². The largest absolute Gasteiger partial charge is 0.396 e. The molecule has 2 aliphatic heterocycles. The van der Waals surface area contributed by atoms with E-state index in [1.165, 1.54) is 6.42 Å². The van der Waals surface area contributed by atoms with Gasteiger partial charge in [-0.05, 0) is 38.1 Å². The Morgan fingerprint density at radius 1 is 1.19 bits per heavy atom. The van der Waals surface area contributed by atoms with Crippen molar-refractivity contribution in [2.75, 3.05) is 39.3 Å². The first-order valence-electron chi connectivity index (χ1n) is 6.40. The molecule has 0 aromatic carbocycles. The van der Waals surface area contributed by atoms with Crippen LogP contribution in [0.3, 0.4) is 0 Å². The zero-order valence-electron chi connectivity index (χ0n) is 9.90. The first-order chi connectivity index (χ1) is 7.79. The van der Waals surface area contributed by atoms with E-state index in [2.05, 4.69) is 4.90 Å². The van der Waals surface area contributed by atoms with Crippen LogP contribution in [0.4, 0.5) is 0 Å². The molecule has 92 valence electrons. The molecule has 2 aliphatic rings. The number of likely N-dealkylation sites (tertiary alicyclic amines) is 2. The molecule has 1 atom stereocenters. The van der Waals surface area contributed by atoms with Gasteiger partial charge in [-0.25, -0.2) is 0 Å². The molecule has 16 heavy (non-hydrogen) atoms. The number of rotatable bonds is 3. The number of carbonyl (C=O) groups excluding carboxylic acids is 1. The van der Waals surface area contributed by atoms with E-state index in [4.69, 9.17) is 5.11 Å². The maximum atomic E-state index is 12.0. The second-order valence-corrected chi connectivity index (χ2v) is 5.01. The first kappa shape index (κ1) is 11.9. The van der Waals surface area contributed by atoms with E-state index in [-0.39, 0.29) is 12.5 Å². The van der Waals surface area contributed by atoms with Gasteiger partial charge in [-0.1, -0.05) is 0 Å². The van der Waals surface area contributed by atoms with E-state index in [0.717, 1.165) is 45.4 Å². The van der Waals surface area contributed by atoms with Gasteiger partial charge in [0.05, 0.1) is 6.54 Å². The minimum atomic E-state index is 0.258. The molecule has 0 bridgehead atoms. The molecule has 2 saturated heterocycles. The van der Waals surface area contributed by atoms with E-state index in [1.54, 1.807) is 0 Å². The Bertz CT molecular complexity index is 239. The zero-order chi connectivity index (χ0) is 11.4. The number of hydrogen-bond donors (Lipinski definition) is 1. The summed E-state index contributed by atoms with van der Waals surface area (Å²) < 4.78 is 0. The van der Waals surface area contributed by atoms with Crippen molar-refractivity contribution in [1.82, 2.24) is 9.80 Å². The van der Waals surface area contributed by atoms with Crippen molar-refractivity contribution in [1.29, 1.82) is 0 Å². The summed E-state index contributed by atoms with van der Waals surface area (Å²) in [5.41, 5.74) is 0. The lowest BCUT2D eigenvalue weighted by Crippen LogP contribution is -2.42. The molecule has 2 heterocycles. The lowest BCUT2D eigenvalue weighted by molar-refractivity contribution is -0.133. The van der Waals surface area contributed by atoms with Crippen molar-refractivity contribution in [3.05, 3.63) is 0 Å². The normalized spacial score (nSPS) is 27.3. The third-order valence-corrected chi connectivity index (χ3v) is 3.70. The minimum absolute atomic E-state index is 0.258. The number of hydrogen-bond acceptors (Lipinski definition) is 3. The van der Waals surface area contributed by atoms with Gasteiger partial charge in [0.1, 0.15) is 0 Å². The van der Waals surface area contributed by atoms with Crippen LogP contribution in [0.15, 0.2) is 0 Å². The number of nitrogens with zero attached hydrogens (tertiary/aromatic N) is 2. The fourth-order valence-electron chi connectivity index (χ4n) is 2.64. The molecule has 0 aromatic heterocycles. The molecule has 0 spiro atoms. The molecule has 0 unspecified atom stereocenters. The van der Waals surface area contributed by atoms with Crippen molar-refractivity contribution in [3.8, 4) is 0 Å². The molecule has 4 nitrogen and oxygen atoms in total. The highest BCUT2D eigenvalue weighted by Gasteiger charge is 2.25. The zero-order valence-corrected chi connectivity index (χ0v) is 9.90. The van der Waals surface area contributed by atoms with Crippen LogP contribution in [-0.2, 0) is 4.79 Å². The Labute approximate surface area is 97.2 Å². The predicted octanol–water partition coefficient (Wildman–Crippen LogP) is 0.313. The minimum Gasteiger partial charge on any atom is -0.396 e. The Morgan fingerprint density at radius 3 is 2.56 bits per heavy atom. The van der Waals surface area contributed by atoms with Gasteiger partial charge in [0, 0.05) is 26.2 Å². The Kier molecular flexibility index (Phi) is 4.18. The fourth-order valence-corrected chi connectivity index (χ4v) is 2.64. The summed E-state index contributed by atoms with van der Waals surface area (Å²) >= 11 is 0. The van der Waals surface area contributed by atoms with Gasteiger partial charge >= 0.3 is 0 Å². The number of amides is 1. The summed E-state index contributed by atoms with van der Waals surface area (Å²) in [5.74, 6) is 0.660. The number of carbonyl (C=O) groups is 1. The van der Waals surface area contributed by atoms with Gasteiger partial charge < -0.3 is 10.0 Å². The summed E-state index contributed by atoms with van der Waals surface area (Å²) in [5, 5.41) is 9.04. The van der Waals surface area contributed by atoms with Gasteiger partial charge in [0.15, 0.2) is 0 Å². The van der Waals surface area contributed by atoms with E-state index >= 15 is 0 Å². The number of aliphatic hydroxyl groups excluding tert-OH is 1. The standard InChI is InChI=1S/C12H22N2O2/c15-10-11-4-7-13(8-11)9-12(16)14-5-2-1-3-6-14/h11,15H,1-10H2/t11-/m0/s1. The van der Waals surface area contributed by atoms with E-state index in [9.17, 15) is 4.79 Å². The van der Waals surface area contributed by atoms with Crippen molar-refractivity contribution in [3.63, 3.8) is 0 Å². The highest BCUT2D eigenvalue weighted by molar-refractivity contribution is 5.78. The summed E-state index contributed by atoms with van der Waals surface area (Å²) in [4.78, 5) is 16.1. The van der Waals surface area contributed by atoms with Crippen LogP contribution >= 0.6 is 0 Å². The highest BCUT2D eigenvalue weighted by Crippen LogP contribution is 2.16. The van der Waals surface area contributed by atoms with Crippen LogP contribution in [0.1, 0.15) is 25.7 Å². The van der Waals surface area contributed by atoms with Crippen LogP contribution in [0, 0.1) is 5.92 Å². The van der Waals surface area contributed by atoms with Gasteiger partial charge in [0.25, 0.3) is 0 Å². The molecule has 0 radical (unpaired) electrons. The molecule has 2 fully saturated rings. The fraction of sp³-hybridized carbons (Fsp3) is 0.917. The average Bonchev–Trinajstić information content (AvgIpc) is 2.78. The van der Waals surface area contributed by atoms with Crippen LogP contribution < -0.4 is 0 Å². The quantitative estimate of drug-likeness (QED) is 0.753. The van der Waals surface area contributed by atoms with Gasteiger partial charge in [-0.3, -0.25) is 9.69 Å². The van der Waals surface area contributed by atoms with Crippen molar-refractivity contribution in [2.45, 2.75) is 25.7 Å². The summed E-state index contributed by atoms with van der Waals surface area (Å²) in [7, 11) is 0. The maximum absolute atomic E-state index is 12.0. The Morgan fingerprint density at radius 2 is 1.94 bits per heavy atom. The van der Waals surface area contributed by atoms with Gasteiger partial charge in [0.2, 0.25) is 5.91 Å². The molecule has 1 amide bonds. The third kappa shape index (κ3) is 2.95. The summed E-state index contributed by atoms with van der Waals surface area (Å²) in [6.45, 7) is 4.54. The smallest absolute Gasteiger partial charge is 0.236 e. The van der Waals surface area contributed by atoms with Crippen LogP contribution in [-0.4, -0.2) is 60.1 Å². The van der Waals surface area contributed by atoms with E-state index in [1.807, 2.05) is 4.90 Å². The van der Waals surface area contributed by atoms with Crippen LogP contribution in [0.5, 0.6) is 0 Å². The average molecular weight is 226 g/mol. The molecule has 4 heteroatoms. The molecule has 0 aromatic rings. The van der Waals surface area contributed by atoms with E-state index in [0.29, 0.717) is 12.5 Å². The lowest BCUT2D eigenvalue weighted by atomic mass is 10.1. The second-order valence-electron chi connectivity index (χ2n) is 5.01. The van der Waals surface area contributed by atoms with Crippen molar-refractivity contribution < 1.29 is 9.90 Å². The molecular formula is C12H22N2O2. The van der Waals surface area contributed by atoms with Crippen LogP contribution in [0.2, 0.25) is 0 Å². The predicted molar refractivity (Wildman–Crippen MR) is 62.1 cm³/mol. The number of piperidine rings is 1. The molecule has 0 saturated carbocycles. The second kappa shape index (κ2) is 5.64. The van der Waals surface area contributed by atoms with Crippen molar-refractivity contribution in [2.24, 2.45) is 5.92 Å². The monoisotopic (exact) mass is 226 g/mol. The molecule has 0 aliphatic carbocycles. The number of aliphatic hydroxyl groups is 1. The maximum Gasteiger partial charge on any atom is 0.236 e. The highest BCUT2D eigenvalue weighted by atomic mass is 16.3. The summed E-state index contributed by atoms with van der Waals surface area (Å²) in [6.07, 6.45) is 4.61. The topological polar surface area (TPSA) is 43.8 Å². The Balaban J connectivity index is 1.74.